The minimum absolute atomic E-state index is 0.404. The van der Waals surface area contributed by atoms with Gasteiger partial charge in [0.2, 0.25) is 0 Å². The molecule has 2 rings (SSSR count). The summed E-state index contributed by atoms with van der Waals surface area (Å²) in [5, 5.41) is 9.51. The fraction of sp³-hybridized carbons (Fsp3) is 0. The molecule has 2 aromatic heterocycles. The second kappa shape index (κ2) is 2.59. The molecular weight excluding hydrogens is 150 g/mol. The SMILES string of the molecule is N#Cc1cc2ncccc2cn1. The van der Waals surface area contributed by atoms with E-state index in [1.165, 1.54) is 0 Å². The molecule has 0 amide bonds. The maximum Gasteiger partial charge on any atom is 0.142 e. The summed E-state index contributed by atoms with van der Waals surface area (Å²) in [6, 6.07) is 7.40. The highest BCUT2D eigenvalue weighted by Gasteiger charge is 1.95. The van der Waals surface area contributed by atoms with Gasteiger partial charge in [0.15, 0.2) is 0 Å². The first-order chi connectivity index (χ1) is 5.90. The van der Waals surface area contributed by atoms with Crippen LogP contribution in [0.15, 0.2) is 30.6 Å². The highest BCUT2D eigenvalue weighted by Crippen LogP contribution is 2.09. The van der Waals surface area contributed by atoms with Gasteiger partial charge in [0, 0.05) is 23.8 Å². The van der Waals surface area contributed by atoms with Crippen molar-refractivity contribution in [1.29, 1.82) is 5.26 Å². The van der Waals surface area contributed by atoms with Gasteiger partial charge in [-0.3, -0.25) is 4.98 Å². The highest BCUT2D eigenvalue weighted by atomic mass is 14.7. The Morgan fingerprint density at radius 3 is 3.08 bits per heavy atom. The second-order valence-corrected chi connectivity index (χ2v) is 2.38. The Labute approximate surface area is 69.3 Å². The molecule has 2 heterocycles. The van der Waals surface area contributed by atoms with Gasteiger partial charge in [-0.15, -0.1) is 0 Å². The molecule has 2 aromatic rings. The molecule has 0 fully saturated rings. The van der Waals surface area contributed by atoms with Crippen LogP contribution in [0.5, 0.6) is 0 Å². The van der Waals surface area contributed by atoms with Crippen LogP contribution in [0.1, 0.15) is 5.69 Å². The predicted octanol–water partition coefficient (Wildman–Crippen LogP) is 1.50. The van der Waals surface area contributed by atoms with Crippen molar-refractivity contribution in [1.82, 2.24) is 9.97 Å². The van der Waals surface area contributed by atoms with Crippen LogP contribution >= 0.6 is 0 Å². The van der Waals surface area contributed by atoms with Gasteiger partial charge < -0.3 is 0 Å². The van der Waals surface area contributed by atoms with E-state index in [0.717, 1.165) is 10.9 Å². The van der Waals surface area contributed by atoms with Crippen molar-refractivity contribution in [3.05, 3.63) is 36.3 Å². The van der Waals surface area contributed by atoms with E-state index in [-0.39, 0.29) is 0 Å². The van der Waals surface area contributed by atoms with Crippen LogP contribution in [0, 0.1) is 11.3 Å². The standard InChI is InChI=1S/C9H5N3/c10-5-8-4-9-7(6-12-8)2-1-3-11-9/h1-4,6H. The summed E-state index contributed by atoms with van der Waals surface area (Å²) >= 11 is 0. The molecule has 3 heteroatoms. The van der Waals surface area contributed by atoms with Crippen LogP contribution in [0.2, 0.25) is 0 Å². The maximum absolute atomic E-state index is 8.56. The Kier molecular flexibility index (Phi) is 1.45. The number of rotatable bonds is 0. The van der Waals surface area contributed by atoms with Crippen LogP contribution < -0.4 is 0 Å². The topological polar surface area (TPSA) is 49.6 Å². The Morgan fingerprint density at radius 1 is 1.33 bits per heavy atom. The molecule has 56 valence electrons. The molecule has 0 radical (unpaired) electrons. The maximum atomic E-state index is 8.56. The Morgan fingerprint density at radius 2 is 2.25 bits per heavy atom. The lowest BCUT2D eigenvalue weighted by molar-refractivity contribution is 1.27. The molecule has 0 spiro atoms. The number of hydrogen-bond acceptors (Lipinski definition) is 3. The van der Waals surface area contributed by atoms with Crippen LogP contribution in [-0.2, 0) is 0 Å². The Bertz CT molecular complexity index is 457. The van der Waals surface area contributed by atoms with Crippen LogP contribution in [0.25, 0.3) is 10.9 Å². The largest absolute Gasteiger partial charge is 0.256 e. The van der Waals surface area contributed by atoms with Gasteiger partial charge in [0.05, 0.1) is 5.52 Å². The van der Waals surface area contributed by atoms with Crippen molar-refractivity contribution in [3.63, 3.8) is 0 Å². The van der Waals surface area contributed by atoms with E-state index in [1.807, 2.05) is 18.2 Å². The minimum Gasteiger partial charge on any atom is -0.256 e. The molecule has 0 aliphatic rings. The van der Waals surface area contributed by atoms with Crippen molar-refractivity contribution in [3.8, 4) is 6.07 Å². The van der Waals surface area contributed by atoms with Crippen molar-refractivity contribution in [2.45, 2.75) is 0 Å². The van der Waals surface area contributed by atoms with Crippen molar-refractivity contribution >= 4 is 10.9 Å². The normalized spacial score (nSPS) is 9.58. The molecule has 0 atom stereocenters. The Balaban J connectivity index is 2.78. The average molecular weight is 155 g/mol. The van der Waals surface area contributed by atoms with E-state index in [1.54, 1.807) is 18.5 Å². The monoisotopic (exact) mass is 155 g/mol. The summed E-state index contributed by atoms with van der Waals surface area (Å²) in [5.74, 6) is 0. The quantitative estimate of drug-likeness (QED) is 0.579. The van der Waals surface area contributed by atoms with E-state index < -0.39 is 0 Å². The first-order valence-electron chi connectivity index (χ1n) is 3.51. The minimum atomic E-state index is 0.404. The smallest absolute Gasteiger partial charge is 0.142 e. The first kappa shape index (κ1) is 6.74. The number of pyridine rings is 2. The highest BCUT2D eigenvalue weighted by molar-refractivity contribution is 5.77. The molecule has 0 N–H and O–H groups in total. The number of nitriles is 1. The number of aromatic nitrogens is 2. The van der Waals surface area contributed by atoms with Crippen LogP contribution in [-0.4, -0.2) is 9.97 Å². The Hall–Kier alpha value is -1.95. The summed E-state index contributed by atoms with van der Waals surface area (Å²) in [4.78, 5) is 8.02. The van der Waals surface area contributed by atoms with Gasteiger partial charge >= 0.3 is 0 Å². The van der Waals surface area contributed by atoms with Crippen LogP contribution in [0.4, 0.5) is 0 Å². The molecule has 0 aromatic carbocycles. The first-order valence-corrected chi connectivity index (χ1v) is 3.51. The molecule has 0 aliphatic carbocycles. The van der Waals surface area contributed by atoms with E-state index in [4.69, 9.17) is 5.26 Å². The molecule has 0 saturated heterocycles. The summed E-state index contributed by atoms with van der Waals surface area (Å²) in [5.41, 5.74) is 1.21. The number of fused-ring (bicyclic) bond motifs is 1. The summed E-state index contributed by atoms with van der Waals surface area (Å²) in [6.45, 7) is 0. The van der Waals surface area contributed by atoms with Gasteiger partial charge in [-0.2, -0.15) is 5.26 Å². The molecule has 0 bridgehead atoms. The number of nitrogens with zero attached hydrogens (tertiary/aromatic N) is 3. The predicted molar refractivity (Wildman–Crippen MR) is 44.3 cm³/mol. The van der Waals surface area contributed by atoms with E-state index in [2.05, 4.69) is 9.97 Å². The third kappa shape index (κ3) is 0.995. The molecule has 3 nitrogen and oxygen atoms in total. The fourth-order valence-corrected chi connectivity index (χ4v) is 1.03. The summed E-state index contributed by atoms with van der Waals surface area (Å²) < 4.78 is 0. The molecule has 0 saturated carbocycles. The van der Waals surface area contributed by atoms with Crippen LogP contribution in [0.3, 0.4) is 0 Å². The van der Waals surface area contributed by atoms with Gasteiger partial charge in [0.1, 0.15) is 11.8 Å². The van der Waals surface area contributed by atoms with Crippen molar-refractivity contribution < 1.29 is 0 Å². The van der Waals surface area contributed by atoms with E-state index in [0.29, 0.717) is 5.69 Å². The van der Waals surface area contributed by atoms with Gasteiger partial charge in [-0.1, -0.05) is 0 Å². The molecular formula is C9H5N3. The lowest BCUT2D eigenvalue weighted by atomic mass is 10.2. The number of hydrogen-bond donors (Lipinski definition) is 0. The zero-order valence-electron chi connectivity index (χ0n) is 6.23. The van der Waals surface area contributed by atoms with E-state index >= 15 is 0 Å². The lowest BCUT2D eigenvalue weighted by Crippen LogP contribution is -1.83. The zero-order chi connectivity index (χ0) is 8.39. The zero-order valence-corrected chi connectivity index (χ0v) is 6.23. The summed E-state index contributed by atoms with van der Waals surface area (Å²) in [7, 11) is 0. The van der Waals surface area contributed by atoms with Gasteiger partial charge in [0.25, 0.3) is 0 Å². The third-order valence-electron chi connectivity index (χ3n) is 1.60. The second-order valence-electron chi connectivity index (χ2n) is 2.38. The molecule has 12 heavy (non-hydrogen) atoms. The summed E-state index contributed by atoms with van der Waals surface area (Å²) in [6.07, 6.45) is 3.35. The van der Waals surface area contributed by atoms with Gasteiger partial charge in [-0.25, -0.2) is 4.98 Å². The molecule has 0 unspecified atom stereocenters. The lowest BCUT2D eigenvalue weighted by Gasteiger charge is -1.93. The average Bonchev–Trinajstić information content (AvgIpc) is 2.17. The third-order valence-corrected chi connectivity index (χ3v) is 1.60. The van der Waals surface area contributed by atoms with Crippen molar-refractivity contribution in [2.24, 2.45) is 0 Å². The van der Waals surface area contributed by atoms with E-state index in [9.17, 15) is 0 Å². The van der Waals surface area contributed by atoms with Crippen molar-refractivity contribution in [2.75, 3.05) is 0 Å². The fourth-order valence-electron chi connectivity index (χ4n) is 1.03. The van der Waals surface area contributed by atoms with Gasteiger partial charge in [-0.05, 0) is 12.1 Å². The molecule has 0 aliphatic heterocycles.